The minimum absolute atomic E-state index is 0.0876. The number of phenols is 3. The largest absolute Gasteiger partial charge is 0.508 e. The van der Waals surface area contributed by atoms with Gasteiger partial charge >= 0.3 is 0 Å². The summed E-state index contributed by atoms with van der Waals surface area (Å²) in [5, 5.41) is 29.7. The number of rotatable bonds is 2. The van der Waals surface area contributed by atoms with Gasteiger partial charge in [-0.05, 0) is 24.3 Å². The van der Waals surface area contributed by atoms with Crippen LogP contribution in [0.2, 0.25) is 0 Å². The van der Waals surface area contributed by atoms with Crippen molar-refractivity contribution in [3.8, 4) is 17.2 Å². The van der Waals surface area contributed by atoms with Crippen molar-refractivity contribution in [2.45, 2.75) is 19.3 Å². The summed E-state index contributed by atoms with van der Waals surface area (Å²) < 4.78 is 5.81. The average Bonchev–Trinajstić information content (AvgIpc) is 2.51. The summed E-state index contributed by atoms with van der Waals surface area (Å²) >= 11 is 0. The molecule has 0 aliphatic rings. The van der Waals surface area contributed by atoms with Crippen molar-refractivity contribution in [3.63, 3.8) is 0 Å². The molecule has 0 aliphatic heterocycles. The summed E-state index contributed by atoms with van der Waals surface area (Å²) in [5.41, 5.74) is -0.110. The Bertz CT molecular complexity index is 1010. The summed E-state index contributed by atoms with van der Waals surface area (Å²) in [6.45, 7) is 7.47. The predicted molar refractivity (Wildman–Crippen MR) is 88.2 cm³/mol. The third kappa shape index (κ3) is 2.12. The summed E-state index contributed by atoms with van der Waals surface area (Å²) in [6, 6.07) is 5.53. The van der Waals surface area contributed by atoms with Crippen molar-refractivity contribution >= 4 is 21.9 Å². The lowest BCUT2D eigenvalue weighted by molar-refractivity contribution is 0.405. The molecule has 0 aliphatic carbocycles. The molecular weight excluding hydrogens is 296 g/mol. The summed E-state index contributed by atoms with van der Waals surface area (Å²) in [6.07, 6.45) is 1.67. The van der Waals surface area contributed by atoms with E-state index >= 15 is 0 Å². The first-order valence-electron chi connectivity index (χ1n) is 7.05. The zero-order valence-electron chi connectivity index (χ0n) is 12.8. The lowest BCUT2D eigenvalue weighted by atomic mass is 9.83. The Labute approximate surface area is 131 Å². The third-order valence-corrected chi connectivity index (χ3v) is 4.08. The molecular formula is C18H16O5. The molecule has 3 aromatic rings. The monoisotopic (exact) mass is 312 g/mol. The topological polar surface area (TPSA) is 90.9 Å². The van der Waals surface area contributed by atoms with Crippen LogP contribution in [0, 0.1) is 0 Å². The second-order valence-electron chi connectivity index (χ2n) is 6.03. The maximum Gasteiger partial charge on any atom is 0.204 e. The summed E-state index contributed by atoms with van der Waals surface area (Å²) in [4.78, 5) is 12.7. The van der Waals surface area contributed by atoms with Crippen LogP contribution in [-0.2, 0) is 5.41 Å². The zero-order chi connectivity index (χ0) is 16.9. The molecule has 0 amide bonds. The Balaban J connectivity index is 2.62. The summed E-state index contributed by atoms with van der Waals surface area (Å²) in [5.74, 6) is -1.03. The number of phenolic OH excluding ortho intramolecular Hbond substituents is 3. The molecule has 5 nitrogen and oxygen atoms in total. The van der Waals surface area contributed by atoms with Gasteiger partial charge in [0.1, 0.15) is 22.3 Å². The van der Waals surface area contributed by atoms with E-state index in [-0.39, 0.29) is 27.7 Å². The van der Waals surface area contributed by atoms with Gasteiger partial charge in [0, 0.05) is 11.0 Å². The quantitative estimate of drug-likeness (QED) is 0.382. The van der Waals surface area contributed by atoms with E-state index in [1.165, 1.54) is 24.3 Å². The smallest absolute Gasteiger partial charge is 0.204 e. The predicted octanol–water partition coefficient (Wildman–Crippen LogP) is 3.53. The van der Waals surface area contributed by atoms with Crippen LogP contribution >= 0.6 is 0 Å². The van der Waals surface area contributed by atoms with E-state index in [0.29, 0.717) is 5.56 Å². The minimum Gasteiger partial charge on any atom is -0.508 e. The highest BCUT2D eigenvalue weighted by Gasteiger charge is 2.26. The van der Waals surface area contributed by atoms with Gasteiger partial charge in [-0.3, -0.25) is 4.79 Å². The van der Waals surface area contributed by atoms with E-state index in [0.717, 1.165) is 0 Å². The molecule has 0 spiro atoms. The molecule has 5 heteroatoms. The third-order valence-electron chi connectivity index (χ3n) is 4.08. The molecule has 0 saturated heterocycles. The normalized spacial score (nSPS) is 11.9. The Morgan fingerprint density at radius 2 is 1.87 bits per heavy atom. The molecule has 118 valence electrons. The maximum atomic E-state index is 12.7. The fourth-order valence-corrected chi connectivity index (χ4v) is 2.58. The molecule has 3 rings (SSSR count). The van der Waals surface area contributed by atoms with Crippen LogP contribution in [0.25, 0.3) is 21.9 Å². The van der Waals surface area contributed by atoms with Crippen molar-refractivity contribution in [2.24, 2.45) is 0 Å². The Morgan fingerprint density at radius 1 is 1.17 bits per heavy atom. The lowest BCUT2D eigenvalue weighted by Crippen LogP contribution is -2.15. The van der Waals surface area contributed by atoms with Gasteiger partial charge in [0.25, 0.3) is 0 Å². The molecule has 0 bridgehead atoms. The first-order chi connectivity index (χ1) is 10.8. The van der Waals surface area contributed by atoms with Gasteiger partial charge in [-0.1, -0.05) is 19.9 Å². The fourth-order valence-electron chi connectivity index (χ4n) is 2.58. The van der Waals surface area contributed by atoms with Crippen LogP contribution < -0.4 is 5.43 Å². The van der Waals surface area contributed by atoms with E-state index in [4.69, 9.17) is 4.42 Å². The first kappa shape index (κ1) is 15.0. The van der Waals surface area contributed by atoms with Gasteiger partial charge in [-0.15, -0.1) is 6.58 Å². The second kappa shape index (κ2) is 4.78. The molecule has 3 N–H and O–H groups in total. The summed E-state index contributed by atoms with van der Waals surface area (Å²) in [7, 11) is 0. The highest BCUT2D eigenvalue weighted by atomic mass is 16.3. The van der Waals surface area contributed by atoms with Crippen LogP contribution in [0.3, 0.4) is 0 Å². The van der Waals surface area contributed by atoms with Crippen LogP contribution in [0.15, 0.2) is 46.1 Å². The number of allylic oxidation sites excluding steroid dienone is 1. The molecule has 2 aromatic carbocycles. The van der Waals surface area contributed by atoms with Gasteiger partial charge in [0.2, 0.25) is 5.43 Å². The molecule has 0 atom stereocenters. The van der Waals surface area contributed by atoms with E-state index in [1.807, 2.05) is 13.8 Å². The number of aromatic hydroxyl groups is 3. The van der Waals surface area contributed by atoms with Crippen molar-refractivity contribution < 1.29 is 19.7 Å². The van der Waals surface area contributed by atoms with Crippen LogP contribution in [0.5, 0.6) is 17.2 Å². The minimum atomic E-state index is -0.593. The molecule has 1 heterocycles. The van der Waals surface area contributed by atoms with Crippen LogP contribution in [0.1, 0.15) is 19.4 Å². The molecule has 0 radical (unpaired) electrons. The molecule has 0 saturated carbocycles. The number of fused-ring (bicyclic) bond motifs is 2. The molecule has 23 heavy (non-hydrogen) atoms. The number of hydrogen-bond donors (Lipinski definition) is 3. The van der Waals surface area contributed by atoms with Gasteiger partial charge in [-0.2, -0.15) is 0 Å². The average molecular weight is 312 g/mol. The van der Waals surface area contributed by atoms with Crippen molar-refractivity contribution in [2.75, 3.05) is 0 Å². The second-order valence-corrected chi connectivity index (χ2v) is 6.03. The van der Waals surface area contributed by atoms with Crippen molar-refractivity contribution in [3.05, 3.63) is 52.7 Å². The molecule has 0 unspecified atom stereocenters. The standard InChI is InChI=1S/C18H16O5/c1-4-18(2,3)11-8-12(20)16(22)14-15(21)10-7-9(19)5-6-13(10)23-17(11)14/h4-8,19-20,22H,1H2,2-3H3. The van der Waals surface area contributed by atoms with E-state index in [1.54, 1.807) is 6.08 Å². The lowest BCUT2D eigenvalue weighted by Gasteiger charge is -2.22. The van der Waals surface area contributed by atoms with Crippen LogP contribution in [0.4, 0.5) is 0 Å². The molecule has 1 aromatic heterocycles. The van der Waals surface area contributed by atoms with Crippen molar-refractivity contribution in [1.29, 1.82) is 0 Å². The Kier molecular flexibility index (Phi) is 3.11. The first-order valence-corrected chi connectivity index (χ1v) is 7.05. The number of hydrogen-bond acceptors (Lipinski definition) is 5. The highest BCUT2D eigenvalue weighted by molar-refractivity contribution is 5.97. The molecule has 0 fully saturated rings. The number of benzene rings is 2. The van der Waals surface area contributed by atoms with Gasteiger partial charge < -0.3 is 19.7 Å². The van der Waals surface area contributed by atoms with E-state index < -0.39 is 22.3 Å². The fraction of sp³-hybridized carbons (Fsp3) is 0.167. The van der Waals surface area contributed by atoms with E-state index in [2.05, 4.69) is 6.58 Å². The van der Waals surface area contributed by atoms with Gasteiger partial charge in [0.15, 0.2) is 11.5 Å². The maximum absolute atomic E-state index is 12.7. The SMILES string of the molecule is C=CC(C)(C)c1cc(O)c(O)c2c(=O)c3cc(O)ccc3oc12. The van der Waals surface area contributed by atoms with Crippen molar-refractivity contribution in [1.82, 2.24) is 0 Å². The zero-order valence-corrected chi connectivity index (χ0v) is 12.8. The van der Waals surface area contributed by atoms with E-state index in [9.17, 15) is 20.1 Å². The Hall–Kier alpha value is -2.95. The highest BCUT2D eigenvalue weighted by Crippen LogP contribution is 2.41. The van der Waals surface area contributed by atoms with Gasteiger partial charge in [-0.25, -0.2) is 0 Å². The van der Waals surface area contributed by atoms with Gasteiger partial charge in [0.05, 0.1) is 5.39 Å². The Morgan fingerprint density at radius 3 is 2.52 bits per heavy atom. The van der Waals surface area contributed by atoms with Crippen LogP contribution in [-0.4, -0.2) is 15.3 Å².